The highest BCUT2D eigenvalue weighted by atomic mass is 32.1. The molecule has 0 spiro atoms. The maximum Gasteiger partial charge on any atom is 0.142 e. The van der Waals surface area contributed by atoms with Gasteiger partial charge in [-0.25, -0.2) is 0 Å². The second-order valence-electron chi connectivity index (χ2n) is 2.20. The van der Waals surface area contributed by atoms with Crippen LogP contribution in [0.4, 0.5) is 0 Å². The lowest BCUT2D eigenvalue weighted by atomic mass is 10.1. The Balaban J connectivity index is 2.40. The van der Waals surface area contributed by atoms with Gasteiger partial charge in [0.1, 0.15) is 6.29 Å². The second-order valence-corrected chi connectivity index (χ2v) is 2.70. The minimum atomic E-state index is -0.00810. The number of hydrogen-bond donors (Lipinski definition) is 1. The molecule has 1 aliphatic heterocycles. The molecule has 1 N–H and O–H groups in total. The molecule has 1 heterocycles. The molecule has 0 aromatic heterocycles. The summed E-state index contributed by atoms with van der Waals surface area (Å²) in [5, 5.41) is 2.93. The van der Waals surface area contributed by atoms with Gasteiger partial charge in [0.15, 0.2) is 0 Å². The number of rotatable bonds is 1. The summed E-state index contributed by atoms with van der Waals surface area (Å²) >= 11 is 4.88. The van der Waals surface area contributed by atoms with Gasteiger partial charge >= 0.3 is 0 Å². The lowest BCUT2D eigenvalue weighted by molar-refractivity contribution is -0.109. The van der Waals surface area contributed by atoms with Crippen molar-refractivity contribution in [3.63, 3.8) is 0 Å². The molecule has 0 aromatic rings. The summed E-state index contributed by atoms with van der Waals surface area (Å²) < 4.78 is 0. The van der Waals surface area contributed by atoms with Crippen molar-refractivity contribution in [3.05, 3.63) is 0 Å². The summed E-state index contributed by atoms with van der Waals surface area (Å²) in [7, 11) is 0. The lowest BCUT2D eigenvalue weighted by Gasteiger charge is -2.19. The predicted octanol–water partition coefficient (Wildman–Crippen LogP) is 0.655. The van der Waals surface area contributed by atoms with Crippen molar-refractivity contribution in [2.24, 2.45) is 0 Å². The Labute approximate surface area is 59.6 Å². The van der Waals surface area contributed by atoms with E-state index in [0.29, 0.717) is 0 Å². The molecule has 9 heavy (non-hydrogen) atoms. The second kappa shape index (κ2) is 2.92. The fourth-order valence-electron chi connectivity index (χ4n) is 0.936. The minimum Gasteiger partial charge on any atom is -0.370 e. The summed E-state index contributed by atoms with van der Waals surface area (Å²) in [5.74, 6) is 0. The van der Waals surface area contributed by atoms with Crippen molar-refractivity contribution in [1.29, 1.82) is 0 Å². The zero-order valence-electron chi connectivity index (χ0n) is 5.09. The molecule has 1 unspecified atom stereocenters. The molecule has 50 valence electrons. The van der Waals surface area contributed by atoms with E-state index in [1.165, 1.54) is 0 Å². The van der Waals surface area contributed by atoms with Gasteiger partial charge in [-0.15, -0.1) is 0 Å². The normalized spacial score (nSPS) is 27.1. The molecule has 1 atom stereocenters. The van der Waals surface area contributed by atoms with E-state index in [1.54, 1.807) is 0 Å². The van der Waals surface area contributed by atoms with E-state index in [1.807, 2.05) is 0 Å². The minimum absolute atomic E-state index is 0.00810. The van der Waals surface area contributed by atoms with E-state index in [4.69, 9.17) is 12.2 Å². The first kappa shape index (κ1) is 6.68. The van der Waals surface area contributed by atoms with E-state index in [9.17, 15) is 4.79 Å². The predicted molar refractivity (Wildman–Crippen MR) is 39.4 cm³/mol. The number of piperidine rings is 1. The zero-order valence-corrected chi connectivity index (χ0v) is 5.91. The Bertz CT molecular complexity index is 135. The van der Waals surface area contributed by atoms with E-state index in [0.717, 1.165) is 30.5 Å². The number of nitrogens with one attached hydrogen (secondary N) is 1. The standard InChI is InChI=1S/C6H9NOS/c8-4-5-2-1-3-6(9)7-5/h4-5H,1-3H2,(H,7,9). The molecule has 0 aromatic carbocycles. The van der Waals surface area contributed by atoms with Crippen molar-refractivity contribution < 1.29 is 4.79 Å². The fraction of sp³-hybridized carbons (Fsp3) is 0.667. The lowest BCUT2D eigenvalue weighted by Crippen LogP contribution is -2.38. The molecule has 0 saturated carbocycles. The van der Waals surface area contributed by atoms with Crippen LogP contribution in [0.1, 0.15) is 19.3 Å². The smallest absolute Gasteiger partial charge is 0.142 e. The molecule has 0 amide bonds. The Morgan fingerprint density at radius 3 is 3.00 bits per heavy atom. The molecule has 1 fully saturated rings. The molecular formula is C6H9NOS. The quantitative estimate of drug-likeness (QED) is 0.432. The third-order valence-electron chi connectivity index (χ3n) is 1.43. The molecule has 0 aliphatic carbocycles. The molecule has 1 rings (SSSR count). The number of aldehydes is 1. The summed E-state index contributed by atoms with van der Waals surface area (Å²) in [4.78, 5) is 11.0. The van der Waals surface area contributed by atoms with Crippen LogP contribution < -0.4 is 5.32 Å². The number of thiocarbonyl (C=S) groups is 1. The molecule has 1 saturated heterocycles. The van der Waals surface area contributed by atoms with Gasteiger partial charge in [0.25, 0.3) is 0 Å². The number of hydrogen-bond acceptors (Lipinski definition) is 2. The van der Waals surface area contributed by atoms with Gasteiger partial charge in [-0.05, 0) is 19.3 Å². The summed E-state index contributed by atoms with van der Waals surface area (Å²) in [6, 6.07) is -0.00810. The van der Waals surface area contributed by atoms with Gasteiger partial charge in [0.2, 0.25) is 0 Å². The first-order valence-corrected chi connectivity index (χ1v) is 3.48. The topological polar surface area (TPSA) is 29.1 Å². The number of carbonyl (C=O) groups is 1. The largest absolute Gasteiger partial charge is 0.370 e. The number of carbonyl (C=O) groups excluding carboxylic acids is 1. The third-order valence-corrected chi connectivity index (χ3v) is 1.75. The zero-order chi connectivity index (χ0) is 6.69. The maximum atomic E-state index is 10.2. The highest BCUT2D eigenvalue weighted by Gasteiger charge is 2.13. The first-order chi connectivity index (χ1) is 4.33. The summed E-state index contributed by atoms with van der Waals surface area (Å²) in [6.07, 6.45) is 3.85. The SMILES string of the molecule is O=CC1CCCC(=S)N1. The van der Waals surface area contributed by atoms with Gasteiger partial charge in [0.05, 0.1) is 11.0 Å². The van der Waals surface area contributed by atoms with Crippen LogP contribution in [0.15, 0.2) is 0 Å². The monoisotopic (exact) mass is 143 g/mol. The fourth-order valence-corrected chi connectivity index (χ4v) is 1.23. The Morgan fingerprint density at radius 1 is 1.78 bits per heavy atom. The van der Waals surface area contributed by atoms with E-state index in [-0.39, 0.29) is 6.04 Å². The highest BCUT2D eigenvalue weighted by molar-refractivity contribution is 7.80. The molecule has 0 bridgehead atoms. The van der Waals surface area contributed by atoms with Crippen LogP contribution in [0, 0.1) is 0 Å². The van der Waals surface area contributed by atoms with Gasteiger partial charge in [-0.3, -0.25) is 0 Å². The van der Waals surface area contributed by atoms with E-state index >= 15 is 0 Å². The van der Waals surface area contributed by atoms with Gasteiger partial charge in [0, 0.05) is 0 Å². The van der Waals surface area contributed by atoms with Crippen molar-refractivity contribution in [3.8, 4) is 0 Å². The maximum absolute atomic E-state index is 10.2. The van der Waals surface area contributed by atoms with Crippen LogP contribution >= 0.6 is 12.2 Å². The first-order valence-electron chi connectivity index (χ1n) is 3.07. The van der Waals surface area contributed by atoms with Crippen molar-refractivity contribution >= 4 is 23.5 Å². The van der Waals surface area contributed by atoms with Crippen LogP contribution in [0.2, 0.25) is 0 Å². The van der Waals surface area contributed by atoms with Gasteiger partial charge < -0.3 is 10.1 Å². The van der Waals surface area contributed by atoms with Crippen LogP contribution in [0.5, 0.6) is 0 Å². The van der Waals surface area contributed by atoms with E-state index < -0.39 is 0 Å². The Kier molecular flexibility index (Phi) is 2.16. The van der Waals surface area contributed by atoms with Crippen LogP contribution in [0.3, 0.4) is 0 Å². The molecule has 3 heteroatoms. The van der Waals surface area contributed by atoms with Crippen LogP contribution in [-0.2, 0) is 4.79 Å². The highest BCUT2D eigenvalue weighted by Crippen LogP contribution is 2.06. The Morgan fingerprint density at radius 2 is 2.56 bits per heavy atom. The van der Waals surface area contributed by atoms with Crippen molar-refractivity contribution in [2.45, 2.75) is 25.3 Å². The van der Waals surface area contributed by atoms with Gasteiger partial charge in [-0.2, -0.15) is 0 Å². The average Bonchev–Trinajstić information content (AvgIpc) is 1.88. The average molecular weight is 143 g/mol. The Hall–Kier alpha value is -0.440. The van der Waals surface area contributed by atoms with Gasteiger partial charge in [-0.1, -0.05) is 12.2 Å². The van der Waals surface area contributed by atoms with Crippen LogP contribution in [-0.4, -0.2) is 17.3 Å². The molecule has 2 nitrogen and oxygen atoms in total. The molecule has 0 radical (unpaired) electrons. The third kappa shape index (κ3) is 1.75. The van der Waals surface area contributed by atoms with Crippen LogP contribution in [0.25, 0.3) is 0 Å². The molecular weight excluding hydrogens is 134 g/mol. The summed E-state index contributed by atoms with van der Waals surface area (Å²) in [6.45, 7) is 0. The summed E-state index contributed by atoms with van der Waals surface area (Å²) in [5.41, 5.74) is 0. The van der Waals surface area contributed by atoms with Crippen molar-refractivity contribution in [2.75, 3.05) is 0 Å². The molecule has 1 aliphatic rings. The van der Waals surface area contributed by atoms with E-state index in [2.05, 4.69) is 5.32 Å². The van der Waals surface area contributed by atoms with Crippen molar-refractivity contribution in [1.82, 2.24) is 5.32 Å².